The van der Waals surface area contributed by atoms with Gasteiger partial charge in [0.1, 0.15) is 12.3 Å². The zero-order valence-electron chi connectivity index (χ0n) is 17.4. The molecule has 2 heterocycles. The molecule has 5 rings (SSSR count). The van der Waals surface area contributed by atoms with Crippen LogP contribution in [0, 0.1) is 0 Å². The first-order chi connectivity index (χ1) is 15.6. The quantitative estimate of drug-likeness (QED) is 0.400. The van der Waals surface area contributed by atoms with E-state index in [1.807, 2.05) is 85.1 Å². The highest BCUT2D eigenvalue weighted by atomic mass is 32.2. The molecule has 7 heteroatoms. The van der Waals surface area contributed by atoms with Gasteiger partial charge in [-0.1, -0.05) is 42.5 Å². The van der Waals surface area contributed by atoms with E-state index in [-0.39, 0.29) is 18.0 Å². The maximum absolute atomic E-state index is 13.4. The lowest BCUT2D eigenvalue weighted by atomic mass is 10.0. The number of hydrogen-bond acceptors (Lipinski definition) is 4. The molecule has 0 saturated carbocycles. The Labute approximate surface area is 189 Å². The third-order valence-electron chi connectivity index (χ3n) is 5.38. The van der Waals surface area contributed by atoms with Crippen LogP contribution in [-0.4, -0.2) is 21.5 Å². The van der Waals surface area contributed by atoms with Gasteiger partial charge < -0.3 is 10.1 Å². The van der Waals surface area contributed by atoms with Crippen LogP contribution in [0.1, 0.15) is 11.1 Å². The summed E-state index contributed by atoms with van der Waals surface area (Å²) in [5.41, 5.74) is 2.70. The summed E-state index contributed by atoms with van der Waals surface area (Å²) in [6, 6.07) is 24.6. The van der Waals surface area contributed by atoms with Gasteiger partial charge in [0.05, 0.1) is 11.3 Å². The molecule has 32 heavy (non-hydrogen) atoms. The van der Waals surface area contributed by atoms with Gasteiger partial charge >= 0.3 is 0 Å². The summed E-state index contributed by atoms with van der Waals surface area (Å²) in [4.78, 5) is 27.4. The second-order valence-corrected chi connectivity index (χ2v) is 8.34. The van der Waals surface area contributed by atoms with Gasteiger partial charge in [0, 0.05) is 17.0 Å². The smallest absolute Gasteiger partial charge is 0.278 e. The van der Waals surface area contributed by atoms with Crippen molar-refractivity contribution < 1.29 is 9.53 Å². The lowest BCUT2D eigenvalue weighted by Gasteiger charge is -2.19. The highest BCUT2D eigenvalue weighted by Gasteiger charge is 2.29. The van der Waals surface area contributed by atoms with Gasteiger partial charge in [-0.25, -0.2) is 9.36 Å². The number of thioether (sulfide) groups is 1. The third kappa shape index (κ3) is 3.71. The van der Waals surface area contributed by atoms with Crippen molar-refractivity contribution in [3.63, 3.8) is 0 Å². The molecule has 0 unspecified atom stereocenters. The van der Waals surface area contributed by atoms with Crippen LogP contribution in [0.15, 0.2) is 88.6 Å². The SMILES string of the molecule is CSc1cccc(NC(=O)Cn2c3c(c(=O)n2-c2ccccc2)Cc2ccccc2O3)c1. The minimum absolute atomic E-state index is 0.0644. The molecule has 3 aromatic carbocycles. The summed E-state index contributed by atoms with van der Waals surface area (Å²) in [6.45, 7) is -0.0644. The molecule has 1 N–H and O–H groups in total. The molecule has 0 saturated heterocycles. The zero-order valence-corrected chi connectivity index (χ0v) is 18.3. The van der Waals surface area contributed by atoms with E-state index in [1.54, 1.807) is 16.4 Å². The van der Waals surface area contributed by atoms with E-state index >= 15 is 0 Å². The third-order valence-corrected chi connectivity index (χ3v) is 6.10. The summed E-state index contributed by atoms with van der Waals surface area (Å²) < 4.78 is 9.28. The van der Waals surface area contributed by atoms with Gasteiger partial charge in [-0.2, -0.15) is 0 Å². The van der Waals surface area contributed by atoms with Crippen molar-refractivity contribution >= 4 is 23.4 Å². The second kappa shape index (κ2) is 8.43. The molecule has 0 spiro atoms. The summed E-state index contributed by atoms with van der Waals surface area (Å²) in [5.74, 6) is 0.866. The predicted molar refractivity (Wildman–Crippen MR) is 126 cm³/mol. The second-order valence-electron chi connectivity index (χ2n) is 7.46. The Morgan fingerprint density at radius 1 is 1.03 bits per heavy atom. The number of carbonyl (C=O) groups excluding carboxylic acids is 1. The fourth-order valence-electron chi connectivity index (χ4n) is 3.89. The van der Waals surface area contributed by atoms with Crippen LogP contribution in [0.4, 0.5) is 5.69 Å². The molecule has 0 bridgehead atoms. The number of amides is 1. The lowest BCUT2D eigenvalue weighted by molar-refractivity contribution is -0.117. The van der Waals surface area contributed by atoms with Crippen LogP contribution in [0.3, 0.4) is 0 Å². The van der Waals surface area contributed by atoms with Crippen LogP contribution >= 0.6 is 11.8 Å². The summed E-state index contributed by atoms with van der Waals surface area (Å²) in [6.07, 6.45) is 2.45. The normalized spacial score (nSPS) is 11.9. The molecule has 6 nitrogen and oxygen atoms in total. The first kappa shape index (κ1) is 20.2. The molecule has 4 aromatic rings. The van der Waals surface area contributed by atoms with Crippen molar-refractivity contribution in [1.82, 2.24) is 9.36 Å². The maximum atomic E-state index is 13.4. The van der Waals surface area contributed by atoms with E-state index in [4.69, 9.17) is 4.74 Å². The van der Waals surface area contributed by atoms with E-state index < -0.39 is 0 Å². The summed E-state index contributed by atoms with van der Waals surface area (Å²) in [7, 11) is 0. The Bertz CT molecular complexity index is 1360. The van der Waals surface area contributed by atoms with Crippen molar-refractivity contribution in [2.24, 2.45) is 0 Å². The van der Waals surface area contributed by atoms with Gasteiger partial charge in [0.15, 0.2) is 0 Å². The molecule has 1 amide bonds. The summed E-state index contributed by atoms with van der Waals surface area (Å²) in [5, 5.41) is 2.93. The number of ether oxygens (including phenoxy) is 1. The number of aromatic nitrogens is 2. The van der Waals surface area contributed by atoms with Crippen molar-refractivity contribution in [2.75, 3.05) is 11.6 Å². The monoisotopic (exact) mass is 443 g/mol. The first-order valence-corrected chi connectivity index (χ1v) is 11.5. The van der Waals surface area contributed by atoms with Crippen LogP contribution in [0.2, 0.25) is 0 Å². The minimum atomic E-state index is -0.242. The first-order valence-electron chi connectivity index (χ1n) is 10.2. The minimum Gasteiger partial charge on any atom is -0.439 e. The standard InChI is InChI=1S/C25H21N3O3S/c1-32-20-12-7-9-18(15-20)26-23(29)16-27-25-21(14-17-8-5-6-13-22(17)31-25)24(30)28(27)19-10-3-2-4-11-19/h2-13,15H,14,16H2,1H3,(H,26,29). The highest BCUT2D eigenvalue weighted by Crippen LogP contribution is 2.35. The molecular formula is C25H21N3O3S. The van der Waals surface area contributed by atoms with Gasteiger partial charge in [-0.15, -0.1) is 11.8 Å². The fourth-order valence-corrected chi connectivity index (χ4v) is 4.35. The van der Waals surface area contributed by atoms with Gasteiger partial charge in [-0.05, 0) is 48.2 Å². The highest BCUT2D eigenvalue weighted by molar-refractivity contribution is 7.98. The molecule has 1 aliphatic rings. The number of rotatable bonds is 5. The van der Waals surface area contributed by atoms with E-state index in [1.165, 1.54) is 4.68 Å². The average molecular weight is 444 g/mol. The molecule has 0 fully saturated rings. The number of fused-ring (bicyclic) bond motifs is 2. The molecule has 1 aromatic heterocycles. The van der Waals surface area contributed by atoms with Crippen molar-refractivity contribution in [1.29, 1.82) is 0 Å². The number of hydrogen-bond donors (Lipinski definition) is 1. The molecule has 0 atom stereocenters. The van der Waals surface area contributed by atoms with Crippen molar-refractivity contribution in [3.8, 4) is 17.3 Å². The van der Waals surface area contributed by atoms with E-state index in [0.29, 0.717) is 35.0 Å². The Kier molecular flexibility index (Phi) is 5.33. The van der Waals surface area contributed by atoms with E-state index in [2.05, 4.69) is 5.32 Å². The Hall–Kier alpha value is -3.71. The van der Waals surface area contributed by atoms with E-state index in [9.17, 15) is 9.59 Å². The summed E-state index contributed by atoms with van der Waals surface area (Å²) >= 11 is 1.61. The Morgan fingerprint density at radius 3 is 2.62 bits per heavy atom. The number of nitrogens with one attached hydrogen (secondary N) is 1. The number of anilines is 1. The lowest BCUT2D eigenvalue weighted by Crippen LogP contribution is -2.27. The van der Waals surface area contributed by atoms with E-state index in [0.717, 1.165) is 10.5 Å². The fraction of sp³-hybridized carbons (Fsp3) is 0.120. The predicted octanol–water partition coefficient (Wildman–Crippen LogP) is 4.70. The molecule has 0 aliphatic carbocycles. The molecule has 0 radical (unpaired) electrons. The molecular weight excluding hydrogens is 422 g/mol. The average Bonchev–Trinajstić information content (AvgIpc) is 3.08. The van der Waals surface area contributed by atoms with Crippen molar-refractivity contribution in [3.05, 3.63) is 100 Å². The van der Waals surface area contributed by atoms with Gasteiger partial charge in [0.2, 0.25) is 11.8 Å². The van der Waals surface area contributed by atoms with Crippen LogP contribution in [-0.2, 0) is 17.8 Å². The molecule has 1 aliphatic heterocycles. The Balaban J connectivity index is 1.55. The zero-order chi connectivity index (χ0) is 22.1. The van der Waals surface area contributed by atoms with Crippen molar-refractivity contribution in [2.45, 2.75) is 17.9 Å². The topological polar surface area (TPSA) is 65.3 Å². The van der Waals surface area contributed by atoms with Crippen LogP contribution < -0.4 is 15.6 Å². The Morgan fingerprint density at radius 2 is 1.81 bits per heavy atom. The maximum Gasteiger partial charge on any atom is 0.278 e. The number of para-hydroxylation sites is 2. The van der Waals surface area contributed by atoms with Gasteiger partial charge in [0.25, 0.3) is 5.56 Å². The number of benzene rings is 3. The van der Waals surface area contributed by atoms with Crippen LogP contribution in [0.25, 0.3) is 5.69 Å². The van der Waals surface area contributed by atoms with Crippen LogP contribution in [0.5, 0.6) is 11.6 Å². The van der Waals surface area contributed by atoms with Gasteiger partial charge in [-0.3, -0.25) is 9.59 Å². The largest absolute Gasteiger partial charge is 0.439 e. The number of carbonyl (C=O) groups is 1. The number of nitrogens with zero attached hydrogens (tertiary/aromatic N) is 2. The molecule has 160 valence electrons.